The molecule has 0 saturated carbocycles. The first-order valence-electron chi connectivity index (χ1n) is 8.92. The molecular weight excluding hydrogens is 272 g/mol. The summed E-state index contributed by atoms with van der Waals surface area (Å²) in [5.41, 5.74) is 0. The maximum atomic E-state index is 10.2. The van der Waals surface area contributed by atoms with E-state index in [9.17, 15) is 9.90 Å². The van der Waals surface area contributed by atoms with Crippen LogP contribution in [0.25, 0.3) is 0 Å². The van der Waals surface area contributed by atoms with Crippen LogP contribution in [-0.4, -0.2) is 5.97 Å². The molecule has 0 aromatic heterocycles. The van der Waals surface area contributed by atoms with Crippen LogP contribution in [0.3, 0.4) is 0 Å². The molecule has 126 valence electrons. The minimum absolute atomic E-state index is 0.169. The monoisotopic (exact) mass is 305 g/mol. The van der Waals surface area contributed by atoms with Crippen LogP contribution in [0, 0.1) is 0 Å². The van der Waals surface area contributed by atoms with Gasteiger partial charge in [-0.05, 0) is 64.2 Å². The maximum absolute atomic E-state index is 10.2. The van der Waals surface area contributed by atoms with Gasteiger partial charge >= 0.3 is 0 Å². The van der Waals surface area contributed by atoms with Crippen molar-refractivity contribution >= 4 is 5.97 Å². The largest absolute Gasteiger partial charge is 0.550 e. The highest BCUT2D eigenvalue weighted by atomic mass is 16.4. The Bertz CT molecular complexity index is 327. The highest BCUT2D eigenvalue weighted by Gasteiger charge is 1.86. The van der Waals surface area contributed by atoms with Crippen molar-refractivity contribution in [1.29, 1.82) is 0 Å². The first kappa shape index (κ1) is 20.7. The molecule has 2 heteroatoms. The molecule has 0 rings (SSSR count). The number of hydrogen-bond acceptors (Lipinski definition) is 2. The Morgan fingerprint density at radius 3 is 1.68 bits per heavy atom. The number of carbonyl (C=O) groups excluding carboxylic acids is 1. The normalized spacial score (nSPS) is 12.0. The van der Waals surface area contributed by atoms with Gasteiger partial charge in [0.2, 0.25) is 0 Å². The molecule has 0 saturated heterocycles. The van der Waals surface area contributed by atoms with Crippen molar-refractivity contribution < 1.29 is 9.90 Å². The van der Waals surface area contributed by atoms with Gasteiger partial charge in [0.25, 0.3) is 0 Å². The van der Waals surface area contributed by atoms with Crippen LogP contribution < -0.4 is 5.11 Å². The number of unbranched alkanes of at least 4 members (excludes halogenated alkanes) is 7. The minimum Gasteiger partial charge on any atom is -0.550 e. The van der Waals surface area contributed by atoms with Gasteiger partial charge in [-0.15, -0.1) is 0 Å². The molecule has 0 bridgehead atoms. The molecule has 0 fully saturated rings. The van der Waals surface area contributed by atoms with E-state index in [-0.39, 0.29) is 6.42 Å². The van der Waals surface area contributed by atoms with Crippen LogP contribution in [0.5, 0.6) is 0 Å². The van der Waals surface area contributed by atoms with Gasteiger partial charge in [0.05, 0.1) is 0 Å². The summed E-state index contributed by atoms with van der Waals surface area (Å²) in [4.78, 5) is 10.2. The molecule has 2 nitrogen and oxygen atoms in total. The van der Waals surface area contributed by atoms with E-state index in [0.717, 1.165) is 25.7 Å². The van der Waals surface area contributed by atoms with Gasteiger partial charge in [0, 0.05) is 5.97 Å². The molecule has 0 heterocycles. The van der Waals surface area contributed by atoms with Gasteiger partial charge in [-0.3, -0.25) is 0 Å². The molecule has 0 spiro atoms. The third-order valence-corrected chi connectivity index (χ3v) is 3.49. The second-order valence-electron chi connectivity index (χ2n) is 5.69. The Hall–Kier alpha value is -1.31. The molecule has 0 aliphatic heterocycles. The summed E-state index contributed by atoms with van der Waals surface area (Å²) in [6.45, 7) is 2.24. The molecule has 0 aliphatic rings. The standard InChI is InChI=1S/C20H34O2/c1-2-3-4-5-6-7-8-9-10-11-12-13-14-15-16-17-18-19-20(21)22/h6-7,9-10,15-16H,2-5,8,11-14,17-19H2,1H3,(H,21,22)/p-1/b7-6-,10-9-,16-15-. The van der Waals surface area contributed by atoms with Crippen molar-refractivity contribution in [1.82, 2.24) is 0 Å². The third-order valence-electron chi connectivity index (χ3n) is 3.49. The maximum Gasteiger partial charge on any atom is 0.0414 e. The number of allylic oxidation sites excluding steroid dienone is 6. The van der Waals surface area contributed by atoms with Gasteiger partial charge < -0.3 is 9.90 Å². The van der Waals surface area contributed by atoms with Gasteiger partial charge in [0.15, 0.2) is 0 Å². The fourth-order valence-corrected chi connectivity index (χ4v) is 2.14. The van der Waals surface area contributed by atoms with Crippen LogP contribution >= 0.6 is 0 Å². The van der Waals surface area contributed by atoms with Crippen molar-refractivity contribution in [3.05, 3.63) is 36.5 Å². The molecule has 0 atom stereocenters. The fraction of sp³-hybridized carbons (Fsp3) is 0.650. The molecule has 0 radical (unpaired) electrons. The Morgan fingerprint density at radius 2 is 1.18 bits per heavy atom. The van der Waals surface area contributed by atoms with Crippen molar-refractivity contribution in [3.8, 4) is 0 Å². The third kappa shape index (κ3) is 18.7. The van der Waals surface area contributed by atoms with Crippen LogP contribution in [0.4, 0.5) is 0 Å². The Labute approximate surface area is 137 Å². The first-order chi connectivity index (χ1) is 10.8. The van der Waals surface area contributed by atoms with Crippen LogP contribution in [0.2, 0.25) is 0 Å². The second kappa shape index (κ2) is 17.7. The highest BCUT2D eigenvalue weighted by Crippen LogP contribution is 2.04. The number of hydrogen-bond donors (Lipinski definition) is 0. The van der Waals surface area contributed by atoms with Gasteiger partial charge in [0.1, 0.15) is 0 Å². The summed E-state index contributed by atoms with van der Waals surface area (Å²) in [5, 5.41) is 10.2. The SMILES string of the molecule is CCCCC/C=C\C/C=C\CCCC/C=C\CCCC(=O)[O-]. The van der Waals surface area contributed by atoms with Gasteiger partial charge in [-0.25, -0.2) is 0 Å². The summed E-state index contributed by atoms with van der Waals surface area (Å²) in [7, 11) is 0. The quantitative estimate of drug-likeness (QED) is 0.312. The van der Waals surface area contributed by atoms with E-state index < -0.39 is 5.97 Å². The van der Waals surface area contributed by atoms with E-state index >= 15 is 0 Å². The summed E-state index contributed by atoms with van der Waals surface area (Å²) in [6, 6.07) is 0. The molecule has 0 aromatic rings. The summed E-state index contributed by atoms with van der Waals surface area (Å²) < 4.78 is 0. The average molecular weight is 305 g/mol. The summed E-state index contributed by atoms with van der Waals surface area (Å²) in [6.07, 6.45) is 26.0. The zero-order valence-corrected chi connectivity index (χ0v) is 14.3. The number of carboxylic acids is 1. The van der Waals surface area contributed by atoms with Gasteiger partial charge in [-0.1, -0.05) is 56.2 Å². The predicted octanol–water partition coefficient (Wildman–Crippen LogP) is 5.11. The Morgan fingerprint density at radius 1 is 0.727 bits per heavy atom. The van der Waals surface area contributed by atoms with Crippen LogP contribution in [-0.2, 0) is 4.79 Å². The fourth-order valence-electron chi connectivity index (χ4n) is 2.14. The van der Waals surface area contributed by atoms with Gasteiger partial charge in [-0.2, -0.15) is 0 Å². The Balaban J connectivity index is 3.26. The minimum atomic E-state index is -0.948. The van der Waals surface area contributed by atoms with Crippen molar-refractivity contribution in [3.63, 3.8) is 0 Å². The number of rotatable bonds is 15. The van der Waals surface area contributed by atoms with E-state index in [1.807, 2.05) is 0 Å². The molecule has 22 heavy (non-hydrogen) atoms. The zero-order chi connectivity index (χ0) is 16.3. The lowest BCUT2D eigenvalue weighted by Gasteiger charge is -1.97. The van der Waals surface area contributed by atoms with E-state index in [2.05, 4.69) is 43.4 Å². The molecule has 0 aromatic carbocycles. The predicted molar refractivity (Wildman–Crippen MR) is 93.5 cm³/mol. The Kier molecular flexibility index (Phi) is 16.7. The van der Waals surface area contributed by atoms with E-state index in [4.69, 9.17) is 0 Å². The van der Waals surface area contributed by atoms with Crippen LogP contribution in [0.1, 0.15) is 84.0 Å². The molecular formula is C20H33O2-. The first-order valence-corrected chi connectivity index (χ1v) is 8.92. The van der Waals surface area contributed by atoms with Crippen LogP contribution in [0.15, 0.2) is 36.5 Å². The zero-order valence-electron chi connectivity index (χ0n) is 14.3. The smallest absolute Gasteiger partial charge is 0.0414 e. The van der Waals surface area contributed by atoms with E-state index in [1.165, 1.54) is 38.5 Å². The van der Waals surface area contributed by atoms with E-state index in [1.54, 1.807) is 0 Å². The lowest BCUT2D eigenvalue weighted by atomic mass is 10.1. The number of aliphatic carboxylic acids is 1. The van der Waals surface area contributed by atoms with Crippen molar-refractivity contribution in [2.45, 2.75) is 84.0 Å². The molecule has 0 unspecified atom stereocenters. The lowest BCUT2D eigenvalue weighted by molar-refractivity contribution is -0.305. The summed E-state index contributed by atoms with van der Waals surface area (Å²) >= 11 is 0. The number of carboxylic acid groups (broad SMARTS) is 1. The van der Waals surface area contributed by atoms with Crippen molar-refractivity contribution in [2.24, 2.45) is 0 Å². The second-order valence-corrected chi connectivity index (χ2v) is 5.69. The average Bonchev–Trinajstić information content (AvgIpc) is 2.50. The topological polar surface area (TPSA) is 40.1 Å². The summed E-state index contributed by atoms with van der Waals surface area (Å²) in [5.74, 6) is -0.948. The lowest BCUT2D eigenvalue weighted by Crippen LogP contribution is -2.21. The van der Waals surface area contributed by atoms with Crippen molar-refractivity contribution in [2.75, 3.05) is 0 Å². The number of carbonyl (C=O) groups is 1. The highest BCUT2D eigenvalue weighted by molar-refractivity contribution is 5.64. The van der Waals surface area contributed by atoms with E-state index in [0.29, 0.717) is 6.42 Å². The molecule has 0 N–H and O–H groups in total. The molecule has 0 aliphatic carbocycles. The molecule has 0 amide bonds.